The van der Waals surface area contributed by atoms with Crippen LogP contribution in [0, 0.1) is 0 Å². The summed E-state index contributed by atoms with van der Waals surface area (Å²) in [4.78, 5) is 26.8. The van der Waals surface area contributed by atoms with Gasteiger partial charge in [-0.1, -0.05) is 131 Å². The van der Waals surface area contributed by atoms with Gasteiger partial charge >= 0.3 is 11.9 Å². The molecule has 0 spiro atoms. The lowest BCUT2D eigenvalue weighted by molar-refractivity contribution is -0.149. The lowest BCUT2D eigenvalue weighted by atomic mass is 9.78. The van der Waals surface area contributed by atoms with Crippen molar-refractivity contribution in [3.8, 4) is 22.6 Å². The zero-order valence-corrected chi connectivity index (χ0v) is 34.6. The van der Waals surface area contributed by atoms with Gasteiger partial charge in [0, 0.05) is 11.1 Å². The molecule has 10 heteroatoms. The van der Waals surface area contributed by atoms with E-state index in [1.54, 1.807) is 36.4 Å². The number of aliphatic hydroxyl groups is 2. The maximum atomic E-state index is 13.4. The van der Waals surface area contributed by atoms with Crippen LogP contribution in [0.3, 0.4) is 0 Å². The smallest absolute Gasteiger partial charge is 0.370 e. The quantitative estimate of drug-likeness (QED) is 0.0900. The average molecular weight is 774 g/mol. The molecule has 0 bridgehead atoms. The molecule has 4 aromatic rings. The first kappa shape index (κ1) is 39.6. The summed E-state index contributed by atoms with van der Waals surface area (Å²) >= 11 is 13.6. The highest BCUT2D eigenvalue weighted by atomic mass is 35.5. The van der Waals surface area contributed by atoms with E-state index in [2.05, 4.69) is 52.2 Å². The van der Waals surface area contributed by atoms with Gasteiger partial charge in [0.15, 0.2) is 0 Å². The number of hydrogen-bond acceptors (Lipinski definition) is 8. The molecule has 2 atom stereocenters. The first-order valence-electron chi connectivity index (χ1n) is 18.1. The van der Waals surface area contributed by atoms with Crippen molar-refractivity contribution in [2.24, 2.45) is 0 Å². The third-order valence-electron chi connectivity index (χ3n) is 10.2. The summed E-state index contributed by atoms with van der Waals surface area (Å²) in [6, 6.07) is 18.0. The van der Waals surface area contributed by atoms with Crippen molar-refractivity contribution in [1.82, 2.24) is 0 Å². The summed E-state index contributed by atoms with van der Waals surface area (Å²) in [5.41, 5.74) is 0.614. The SMILES string of the molecule is CC(C)(C)c1cc(C(C)(C)C)c2c(c1)C(O)(Nc1ccc(-c3ccc(NC4(O)C(=O)Oc5c(C(C)(C)C)cc(C(C)(C)C)cc54)c(Cl)c3)cc1Cl)C(=O)O2. The van der Waals surface area contributed by atoms with Crippen molar-refractivity contribution in [2.45, 2.75) is 116 Å². The van der Waals surface area contributed by atoms with E-state index in [0.717, 1.165) is 22.3 Å². The van der Waals surface area contributed by atoms with E-state index in [0.29, 0.717) is 45.1 Å². The largest absolute Gasteiger partial charge is 0.422 e. The van der Waals surface area contributed by atoms with Crippen molar-refractivity contribution in [3.63, 3.8) is 0 Å². The molecule has 54 heavy (non-hydrogen) atoms. The molecular weight excluding hydrogens is 723 g/mol. The summed E-state index contributed by atoms with van der Waals surface area (Å²) in [7, 11) is 0. The molecule has 2 unspecified atom stereocenters. The van der Waals surface area contributed by atoms with E-state index in [9.17, 15) is 19.8 Å². The molecule has 0 aromatic heterocycles. The molecular formula is C44H50Cl2N2O6. The monoisotopic (exact) mass is 772 g/mol. The number of esters is 2. The summed E-state index contributed by atoms with van der Waals surface area (Å²) in [5, 5.41) is 30.3. The Hall–Kier alpha value is -4.08. The minimum absolute atomic E-state index is 0.243. The normalized spacial score (nSPS) is 20.0. The molecule has 8 nitrogen and oxygen atoms in total. The molecule has 4 aromatic carbocycles. The molecule has 0 radical (unpaired) electrons. The number of benzene rings is 4. The molecule has 0 saturated carbocycles. The number of hydrogen-bond donors (Lipinski definition) is 4. The van der Waals surface area contributed by atoms with E-state index >= 15 is 0 Å². The number of ether oxygens (including phenoxy) is 2. The fraction of sp³-hybridized carbons (Fsp3) is 0.409. The Kier molecular flexibility index (Phi) is 9.34. The third kappa shape index (κ3) is 6.87. The lowest BCUT2D eigenvalue weighted by Gasteiger charge is -2.29. The topological polar surface area (TPSA) is 117 Å². The van der Waals surface area contributed by atoms with E-state index in [1.807, 2.05) is 65.8 Å². The van der Waals surface area contributed by atoms with Crippen LogP contribution in [0.25, 0.3) is 11.1 Å². The number of anilines is 2. The first-order valence-corrected chi connectivity index (χ1v) is 18.8. The maximum absolute atomic E-state index is 13.4. The Bertz CT molecular complexity index is 2060. The second-order valence-corrected chi connectivity index (χ2v) is 19.5. The zero-order chi connectivity index (χ0) is 40.1. The Morgan fingerprint density at radius 3 is 1.13 bits per heavy atom. The van der Waals surface area contributed by atoms with Gasteiger partial charge in [0.2, 0.25) is 0 Å². The summed E-state index contributed by atoms with van der Waals surface area (Å²) in [6.45, 7) is 24.6. The molecule has 286 valence electrons. The summed E-state index contributed by atoms with van der Waals surface area (Å²) in [5.74, 6) is -1.00. The lowest BCUT2D eigenvalue weighted by Crippen LogP contribution is -2.41. The second-order valence-electron chi connectivity index (χ2n) is 18.6. The summed E-state index contributed by atoms with van der Waals surface area (Å²) in [6.07, 6.45) is 0. The van der Waals surface area contributed by atoms with Gasteiger partial charge < -0.3 is 30.3 Å². The first-order chi connectivity index (χ1) is 24.6. The van der Waals surface area contributed by atoms with Crippen LogP contribution >= 0.6 is 23.2 Å². The maximum Gasteiger partial charge on any atom is 0.370 e. The molecule has 6 rings (SSSR count). The number of carbonyl (C=O) groups excluding carboxylic acids is 2. The highest BCUT2D eigenvalue weighted by molar-refractivity contribution is 6.34. The van der Waals surface area contributed by atoms with Gasteiger partial charge in [0.1, 0.15) is 11.5 Å². The second kappa shape index (κ2) is 12.7. The Morgan fingerprint density at radius 2 is 0.852 bits per heavy atom. The Balaban J connectivity index is 1.31. The standard InChI is InChI=1S/C44H50Cl2N2O6/c1-39(2,3)25-19-27(41(7,8)9)35-29(21-25)43(51,37(49)53-35)47-33-15-13-23(17-31(33)45)24-14-16-34(32(46)18-24)48-44(52)30-22-26(40(4,5)6)20-28(42(10,11)12)36(30)54-38(44)50/h13-22,47-48,51-52H,1-12H3. The van der Waals surface area contributed by atoms with Crippen LogP contribution in [0.5, 0.6) is 11.5 Å². The van der Waals surface area contributed by atoms with Gasteiger partial charge in [-0.3, -0.25) is 0 Å². The molecule has 0 amide bonds. The van der Waals surface area contributed by atoms with Crippen molar-refractivity contribution in [2.75, 3.05) is 10.6 Å². The number of halogens is 2. The molecule has 2 heterocycles. The fourth-order valence-corrected chi connectivity index (χ4v) is 7.22. The van der Waals surface area contributed by atoms with Gasteiger partial charge in [-0.15, -0.1) is 0 Å². The number of rotatable bonds is 5. The van der Waals surface area contributed by atoms with Gasteiger partial charge in [-0.05, 0) is 80.3 Å². The van der Waals surface area contributed by atoms with Gasteiger partial charge in [-0.2, -0.15) is 0 Å². The average Bonchev–Trinajstić information content (AvgIpc) is 3.43. The molecule has 4 N–H and O–H groups in total. The number of nitrogens with one attached hydrogen (secondary N) is 2. The van der Waals surface area contributed by atoms with Crippen molar-refractivity contribution >= 4 is 46.5 Å². The van der Waals surface area contributed by atoms with Crippen LogP contribution < -0.4 is 20.1 Å². The molecule has 0 fully saturated rings. The van der Waals surface area contributed by atoms with Crippen molar-refractivity contribution in [1.29, 1.82) is 0 Å². The van der Waals surface area contributed by atoms with Crippen LogP contribution in [-0.4, -0.2) is 22.2 Å². The Labute approximate surface area is 328 Å². The van der Waals surface area contributed by atoms with E-state index < -0.39 is 23.4 Å². The van der Waals surface area contributed by atoms with Crippen LogP contribution in [0.1, 0.15) is 116 Å². The number of fused-ring (bicyclic) bond motifs is 2. The fourth-order valence-electron chi connectivity index (χ4n) is 6.77. The van der Waals surface area contributed by atoms with E-state index in [1.165, 1.54) is 0 Å². The predicted molar refractivity (Wildman–Crippen MR) is 216 cm³/mol. The van der Waals surface area contributed by atoms with E-state index in [4.69, 9.17) is 32.7 Å². The van der Waals surface area contributed by atoms with Crippen molar-refractivity contribution in [3.05, 3.63) is 104 Å². The van der Waals surface area contributed by atoms with Crippen LogP contribution in [-0.2, 0) is 42.7 Å². The van der Waals surface area contributed by atoms with Crippen molar-refractivity contribution < 1.29 is 29.3 Å². The van der Waals surface area contributed by atoms with Crippen LogP contribution in [0.4, 0.5) is 11.4 Å². The summed E-state index contributed by atoms with van der Waals surface area (Å²) < 4.78 is 11.5. The van der Waals surface area contributed by atoms with Gasteiger partial charge in [-0.25, -0.2) is 9.59 Å². The highest BCUT2D eigenvalue weighted by Gasteiger charge is 2.52. The zero-order valence-electron chi connectivity index (χ0n) is 33.1. The number of carbonyl (C=O) groups is 2. The minimum Gasteiger partial charge on any atom is -0.422 e. The van der Waals surface area contributed by atoms with Crippen LogP contribution in [0.15, 0.2) is 60.7 Å². The highest BCUT2D eigenvalue weighted by Crippen LogP contribution is 2.49. The molecule has 2 aliphatic heterocycles. The van der Waals surface area contributed by atoms with Gasteiger partial charge in [0.25, 0.3) is 11.4 Å². The third-order valence-corrected chi connectivity index (χ3v) is 10.8. The molecule has 0 saturated heterocycles. The Morgan fingerprint density at radius 1 is 0.519 bits per heavy atom. The molecule has 2 aliphatic rings. The predicted octanol–water partition coefficient (Wildman–Crippen LogP) is 10.2. The molecule has 0 aliphatic carbocycles. The van der Waals surface area contributed by atoms with E-state index in [-0.39, 0.29) is 31.7 Å². The van der Waals surface area contributed by atoms with Gasteiger partial charge in [0.05, 0.1) is 32.5 Å². The minimum atomic E-state index is -2.18. The van der Waals surface area contributed by atoms with Crippen LogP contribution in [0.2, 0.25) is 10.0 Å².